The summed E-state index contributed by atoms with van der Waals surface area (Å²) >= 11 is 0. The third kappa shape index (κ3) is 4.54. The predicted octanol–water partition coefficient (Wildman–Crippen LogP) is 3.38. The molecule has 1 unspecified atom stereocenters. The molecule has 1 atom stereocenters. The summed E-state index contributed by atoms with van der Waals surface area (Å²) in [6.07, 6.45) is 3.72. The maximum Gasteiger partial charge on any atom is 0.222 e. The number of hydrogen-bond acceptors (Lipinski definition) is 6. The number of nitrogens with zero attached hydrogens (tertiary/aromatic N) is 4. The highest BCUT2D eigenvalue weighted by Gasteiger charge is 2.28. The van der Waals surface area contributed by atoms with Crippen molar-refractivity contribution in [1.82, 2.24) is 19.9 Å². The molecule has 0 radical (unpaired) electrons. The van der Waals surface area contributed by atoms with E-state index in [1.54, 1.807) is 21.3 Å². The molecule has 1 saturated heterocycles. The summed E-state index contributed by atoms with van der Waals surface area (Å²) in [5.41, 5.74) is 2.74. The van der Waals surface area contributed by atoms with Crippen LogP contribution in [0.2, 0.25) is 0 Å². The zero-order valence-corrected chi connectivity index (χ0v) is 18.7. The van der Waals surface area contributed by atoms with Crippen LogP contribution in [0.5, 0.6) is 17.2 Å². The van der Waals surface area contributed by atoms with Crippen LogP contribution < -0.4 is 14.2 Å². The monoisotopic (exact) mass is 436 g/mol. The number of amides is 1. The number of rotatable bonds is 8. The molecule has 1 amide bonds. The molecule has 0 bridgehead atoms. The van der Waals surface area contributed by atoms with E-state index in [1.807, 2.05) is 58.2 Å². The van der Waals surface area contributed by atoms with Crippen LogP contribution in [0, 0.1) is 0 Å². The van der Waals surface area contributed by atoms with Gasteiger partial charge >= 0.3 is 0 Å². The third-order valence-electron chi connectivity index (χ3n) is 5.88. The lowest BCUT2D eigenvalue weighted by atomic mass is 10.1. The van der Waals surface area contributed by atoms with Gasteiger partial charge in [-0.3, -0.25) is 4.79 Å². The molecule has 2 aromatic carbocycles. The van der Waals surface area contributed by atoms with Crippen molar-refractivity contribution in [2.45, 2.75) is 25.3 Å². The Balaban J connectivity index is 1.39. The van der Waals surface area contributed by atoms with Crippen LogP contribution in [0.1, 0.15) is 24.4 Å². The van der Waals surface area contributed by atoms with Crippen LogP contribution in [0.3, 0.4) is 0 Å². The van der Waals surface area contributed by atoms with Gasteiger partial charge in [-0.25, -0.2) is 4.68 Å². The third-order valence-corrected chi connectivity index (χ3v) is 5.88. The molecule has 0 aliphatic carbocycles. The molecule has 0 spiro atoms. The van der Waals surface area contributed by atoms with E-state index in [9.17, 15) is 4.79 Å². The summed E-state index contributed by atoms with van der Waals surface area (Å²) < 4.78 is 18.2. The minimum absolute atomic E-state index is 0.107. The Morgan fingerprint density at radius 3 is 2.44 bits per heavy atom. The highest BCUT2D eigenvalue weighted by molar-refractivity contribution is 5.77. The van der Waals surface area contributed by atoms with Crippen molar-refractivity contribution in [2.75, 3.05) is 34.4 Å². The number of carbonyl (C=O) groups excluding carboxylic acids is 1. The molecule has 32 heavy (non-hydrogen) atoms. The molecule has 1 aliphatic heterocycles. The fraction of sp³-hybridized carbons (Fsp3) is 0.375. The molecular formula is C24H28N4O4. The zero-order chi connectivity index (χ0) is 22.5. The van der Waals surface area contributed by atoms with E-state index in [4.69, 9.17) is 14.2 Å². The van der Waals surface area contributed by atoms with Crippen molar-refractivity contribution in [2.24, 2.45) is 0 Å². The van der Waals surface area contributed by atoms with Gasteiger partial charge in [-0.2, -0.15) is 0 Å². The van der Waals surface area contributed by atoms with Crippen molar-refractivity contribution < 1.29 is 19.0 Å². The first-order valence-corrected chi connectivity index (χ1v) is 10.7. The van der Waals surface area contributed by atoms with Gasteiger partial charge in [0.2, 0.25) is 5.91 Å². The van der Waals surface area contributed by atoms with Gasteiger partial charge in [0.15, 0.2) is 0 Å². The summed E-state index contributed by atoms with van der Waals surface area (Å²) in [5.74, 6) is 2.07. The first-order chi connectivity index (χ1) is 15.6. The van der Waals surface area contributed by atoms with Crippen molar-refractivity contribution in [3.8, 4) is 28.5 Å². The average molecular weight is 437 g/mol. The van der Waals surface area contributed by atoms with Crippen LogP contribution in [0.4, 0.5) is 0 Å². The van der Waals surface area contributed by atoms with Gasteiger partial charge in [-0.1, -0.05) is 35.5 Å². The molecule has 168 valence electrons. The Bertz CT molecular complexity index is 1040. The fourth-order valence-corrected chi connectivity index (χ4v) is 4.09. The quantitative estimate of drug-likeness (QED) is 0.539. The second kappa shape index (κ2) is 9.72. The minimum Gasteiger partial charge on any atom is -0.496 e. The molecule has 1 aliphatic rings. The van der Waals surface area contributed by atoms with E-state index in [1.165, 1.54) is 0 Å². The molecule has 1 aromatic heterocycles. The summed E-state index contributed by atoms with van der Waals surface area (Å²) in [6, 6.07) is 13.7. The number of methoxy groups -OCH3 is 3. The zero-order valence-electron chi connectivity index (χ0n) is 18.7. The van der Waals surface area contributed by atoms with Gasteiger partial charge in [0.1, 0.15) is 22.9 Å². The topological polar surface area (TPSA) is 78.7 Å². The Kier molecular flexibility index (Phi) is 6.58. The minimum atomic E-state index is 0.107. The molecule has 4 rings (SSSR count). The Hall–Kier alpha value is -3.55. The maximum atomic E-state index is 12.9. The van der Waals surface area contributed by atoms with Gasteiger partial charge < -0.3 is 19.1 Å². The smallest absolute Gasteiger partial charge is 0.222 e. The first kappa shape index (κ1) is 21.7. The SMILES string of the molecule is COc1cc(OC)c(CCC(=O)N2CCC(n3cc(-c4ccccc4)nn3)C2)c(OC)c1. The highest BCUT2D eigenvalue weighted by atomic mass is 16.5. The van der Waals surface area contributed by atoms with Gasteiger partial charge in [0.05, 0.1) is 33.6 Å². The maximum absolute atomic E-state index is 12.9. The predicted molar refractivity (Wildman–Crippen MR) is 120 cm³/mol. The van der Waals surface area contributed by atoms with Crippen molar-refractivity contribution >= 4 is 5.91 Å². The summed E-state index contributed by atoms with van der Waals surface area (Å²) in [6.45, 7) is 1.34. The highest BCUT2D eigenvalue weighted by Crippen LogP contribution is 2.35. The molecule has 0 saturated carbocycles. The van der Waals surface area contributed by atoms with Gasteiger partial charge in [0, 0.05) is 42.8 Å². The van der Waals surface area contributed by atoms with E-state index in [2.05, 4.69) is 10.3 Å². The van der Waals surface area contributed by atoms with E-state index in [0.29, 0.717) is 43.2 Å². The normalized spacial score (nSPS) is 15.6. The number of ether oxygens (including phenoxy) is 3. The molecule has 8 heteroatoms. The fourth-order valence-electron chi connectivity index (χ4n) is 4.09. The van der Waals surface area contributed by atoms with E-state index in [0.717, 1.165) is 23.2 Å². The molecular weight excluding hydrogens is 408 g/mol. The van der Waals surface area contributed by atoms with E-state index in [-0.39, 0.29) is 11.9 Å². The van der Waals surface area contributed by atoms with Crippen molar-refractivity contribution in [3.05, 3.63) is 54.2 Å². The largest absolute Gasteiger partial charge is 0.496 e. The molecule has 8 nitrogen and oxygen atoms in total. The van der Waals surface area contributed by atoms with Crippen molar-refractivity contribution in [3.63, 3.8) is 0 Å². The second-order valence-corrected chi connectivity index (χ2v) is 7.74. The average Bonchev–Trinajstić information content (AvgIpc) is 3.52. The molecule has 0 N–H and O–H groups in total. The lowest BCUT2D eigenvalue weighted by Crippen LogP contribution is -2.29. The van der Waals surface area contributed by atoms with Gasteiger partial charge in [0.25, 0.3) is 0 Å². The van der Waals surface area contributed by atoms with Crippen LogP contribution in [-0.2, 0) is 11.2 Å². The van der Waals surface area contributed by atoms with E-state index < -0.39 is 0 Å². The Labute approximate surface area is 187 Å². The lowest BCUT2D eigenvalue weighted by molar-refractivity contribution is -0.130. The molecule has 3 aromatic rings. The second-order valence-electron chi connectivity index (χ2n) is 7.74. The van der Waals surface area contributed by atoms with Crippen LogP contribution >= 0.6 is 0 Å². The number of benzene rings is 2. The summed E-state index contributed by atoms with van der Waals surface area (Å²) in [5, 5.41) is 8.61. The van der Waals surface area contributed by atoms with E-state index >= 15 is 0 Å². The van der Waals surface area contributed by atoms with Crippen molar-refractivity contribution in [1.29, 1.82) is 0 Å². The van der Waals surface area contributed by atoms with Crippen LogP contribution in [0.25, 0.3) is 11.3 Å². The molecule has 1 fully saturated rings. The number of likely N-dealkylation sites (tertiary alicyclic amines) is 1. The number of carbonyl (C=O) groups is 1. The van der Waals surface area contributed by atoms with Gasteiger partial charge in [-0.05, 0) is 12.8 Å². The standard InChI is InChI=1S/C24H28N4O4/c1-30-19-13-22(31-2)20(23(14-19)32-3)9-10-24(29)27-12-11-18(15-27)28-16-21(25-26-28)17-7-5-4-6-8-17/h4-8,13-14,16,18H,9-12,15H2,1-3H3. The number of hydrogen-bond donors (Lipinski definition) is 0. The summed E-state index contributed by atoms with van der Waals surface area (Å²) in [4.78, 5) is 14.8. The first-order valence-electron chi connectivity index (χ1n) is 10.7. The lowest BCUT2D eigenvalue weighted by Gasteiger charge is -2.18. The molecule has 2 heterocycles. The number of aromatic nitrogens is 3. The Morgan fingerprint density at radius 1 is 1.06 bits per heavy atom. The Morgan fingerprint density at radius 2 is 1.78 bits per heavy atom. The van der Waals surface area contributed by atoms with Gasteiger partial charge in [-0.15, -0.1) is 5.10 Å². The van der Waals surface area contributed by atoms with Crippen LogP contribution in [-0.4, -0.2) is 60.2 Å². The summed E-state index contributed by atoms with van der Waals surface area (Å²) in [7, 11) is 4.80. The van der Waals surface area contributed by atoms with Crippen LogP contribution in [0.15, 0.2) is 48.7 Å².